The van der Waals surface area contributed by atoms with Crippen molar-refractivity contribution in [3.8, 4) is 0 Å². The predicted molar refractivity (Wildman–Crippen MR) is 97.5 cm³/mol. The van der Waals surface area contributed by atoms with Crippen molar-refractivity contribution in [2.75, 3.05) is 0 Å². The molecule has 4 nitrogen and oxygen atoms in total. The van der Waals surface area contributed by atoms with Crippen molar-refractivity contribution in [1.29, 1.82) is 0 Å². The first-order valence-electron chi connectivity index (χ1n) is 8.98. The van der Waals surface area contributed by atoms with Gasteiger partial charge in [-0.05, 0) is 67.2 Å². The van der Waals surface area contributed by atoms with Gasteiger partial charge in [-0.3, -0.25) is 0 Å². The first-order chi connectivity index (χ1) is 10.4. The van der Waals surface area contributed by atoms with E-state index in [0.29, 0.717) is 5.92 Å². The van der Waals surface area contributed by atoms with E-state index in [-0.39, 0.29) is 29.0 Å². The van der Waals surface area contributed by atoms with Gasteiger partial charge >= 0.3 is 7.12 Å². The average Bonchev–Trinajstić information content (AvgIpc) is 2.64. The molecular formula is C17H34BNO3S. The van der Waals surface area contributed by atoms with Gasteiger partial charge in [0.05, 0.1) is 32.9 Å². The second-order valence-electron chi connectivity index (χ2n) is 9.05. The normalized spacial score (nSPS) is 27.9. The van der Waals surface area contributed by atoms with Crippen LogP contribution in [0.4, 0.5) is 0 Å². The fraction of sp³-hybridized carbons (Fsp3) is 1.00. The molecule has 0 aromatic rings. The van der Waals surface area contributed by atoms with E-state index in [4.69, 9.17) is 9.31 Å². The Balaban J connectivity index is 2.18. The highest BCUT2D eigenvalue weighted by molar-refractivity contribution is 7.84. The third-order valence-electron chi connectivity index (χ3n) is 5.52. The Morgan fingerprint density at radius 3 is 1.96 bits per heavy atom. The quantitative estimate of drug-likeness (QED) is 0.793. The maximum absolute atomic E-state index is 12.7. The molecule has 6 heteroatoms. The van der Waals surface area contributed by atoms with Crippen LogP contribution in [0.5, 0.6) is 0 Å². The lowest BCUT2D eigenvalue weighted by Gasteiger charge is -2.33. The van der Waals surface area contributed by atoms with Crippen LogP contribution in [-0.4, -0.2) is 33.2 Å². The van der Waals surface area contributed by atoms with E-state index in [1.807, 2.05) is 20.8 Å². The number of hydrogen-bond acceptors (Lipinski definition) is 3. The van der Waals surface area contributed by atoms with Gasteiger partial charge in [-0.15, -0.1) is 0 Å². The molecule has 0 amide bonds. The van der Waals surface area contributed by atoms with Gasteiger partial charge in [0.2, 0.25) is 0 Å². The summed E-state index contributed by atoms with van der Waals surface area (Å²) in [4.78, 5) is 0. The summed E-state index contributed by atoms with van der Waals surface area (Å²) >= 11 is 0. The van der Waals surface area contributed by atoms with Gasteiger partial charge in [0.1, 0.15) is 0 Å². The van der Waals surface area contributed by atoms with Crippen molar-refractivity contribution in [3.05, 3.63) is 0 Å². The van der Waals surface area contributed by atoms with Crippen LogP contribution in [0.15, 0.2) is 0 Å². The van der Waals surface area contributed by atoms with E-state index >= 15 is 0 Å². The van der Waals surface area contributed by atoms with Crippen LogP contribution in [0.1, 0.15) is 80.6 Å². The summed E-state index contributed by atoms with van der Waals surface area (Å²) in [7, 11) is -1.46. The van der Waals surface area contributed by atoms with Crippen molar-refractivity contribution in [3.63, 3.8) is 0 Å². The van der Waals surface area contributed by atoms with Gasteiger partial charge in [-0.25, -0.2) is 8.93 Å². The lowest BCUT2D eigenvalue weighted by atomic mass is 9.67. The molecule has 0 radical (unpaired) electrons. The highest BCUT2D eigenvalue weighted by atomic mass is 32.2. The van der Waals surface area contributed by atoms with Crippen LogP contribution in [0.3, 0.4) is 0 Å². The summed E-state index contributed by atoms with van der Waals surface area (Å²) in [5, 5.41) is 0. The van der Waals surface area contributed by atoms with Gasteiger partial charge in [-0.2, -0.15) is 0 Å². The van der Waals surface area contributed by atoms with E-state index in [0.717, 1.165) is 12.8 Å². The molecule has 1 saturated carbocycles. The molecule has 0 bridgehead atoms. The van der Waals surface area contributed by atoms with Gasteiger partial charge in [0.25, 0.3) is 0 Å². The molecule has 134 valence electrons. The monoisotopic (exact) mass is 343 g/mol. The first-order valence-corrected chi connectivity index (χ1v) is 10.1. The van der Waals surface area contributed by atoms with Gasteiger partial charge in [0, 0.05) is 0 Å². The largest absolute Gasteiger partial charge is 0.477 e. The Kier molecular flexibility index (Phi) is 5.72. The van der Waals surface area contributed by atoms with Gasteiger partial charge in [0.15, 0.2) is 0 Å². The molecule has 2 aliphatic rings. The van der Waals surface area contributed by atoms with Crippen LogP contribution in [0, 0.1) is 5.92 Å². The molecule has 1 aliphatic carbocycles. The number of hydrogen-bond donors (Lipinski definition) is 1. The van der Waals surface area contributed by atoms with Crippen molar-refractivity contribution in [1.82, 2.24) is 4.72 Å². The van der Waals surface area contributed by atoms with Crippen LogP contribution in [0.2, 0.25) is 0 Å². The summed E-state index contributed by atoms with van der Waals surface area (Å²) in [6.45, 7) is 14.3. The minimum atomic E-state index is -1.12. The highest BCUT2D eigenvalue weighted by Gasteiger charge is 2.55. The lowest BCUT2D eigenvalue weighted by molar-refractivity contribution is 0.00578. The van der Waals surface area contributed by atoms with Gasteiger partial charge in [-0.1, -0.05) is 19.3 Å². The first kappa shape index (κ1) is 19.4. The summed E-state index contributed by atoms with van der Waals surface area (Å²) in [6.07, 6.45) is 6.09. The minimum absolute atomic E-state index is 0.0172. The summed E-state index contributed by atoms with van der Waals surface area (Å²) in [6, 6.07) is 0. The Bertz CT molecular complexity index is 426. The van der Waals surface area contributed by atoms with E-state index < -0.39 is 11.0 Å². The fourth-order valence-corrected chi connectivity index (χ4v) is 4.11. The van der Waals surface area contributed by atoms with Crippen LogP contribution < -0.4 is 4.72 Å². The predicted octanol–water partition coefficient (Wildman–Crippen LogP) is 3.62. The maximum Gasteiger partial charge on any atom is 0.477 e. The van der Waals surface area contributed by atoms with Crippen molar-refractivity contribution in [2.45, 2.75) is 102 Å². The molecule has 0 aromatic heterocycles. The summed E-state index contributed by atoms with van der Waals surface area (Å²) in [5.74, 6) is 0.446. The molecule has 23 heavy (non-hydrogen) atoms. The summed E-state index contributed by atoms with van der Waals surface area (Å²) < 4.78 is 28.3. The fourth-order valence-electron chi connectivity index (χ4n) is 3.20. The second-order valence-corrected chi connectivity index (χ2v) is 11.0. The molecule has 2 fully saturated rings. The zero-order chi connectivity index (χ0) is 17.5. The van der Waals surface area contributed by atoms with Crippen LogP contribution in [0.25, 0.3) is 0 Å². The standard InChI is InChI=1S/C17H34BNO3S/c1-15(2,3)23(20)19-14(13-11-9-8-10-12-13)18-21-16(4,5)17(6,7)22-18/h13-14,19H,8-12H2,1-7H3/t14-,23+/m0/s1. The molecule has 1 heterocycles. The zero-order valence-electron chi connectivity index (χ0n) is 15.9. The van der Waals surface area contributed by atoms with E-state index in [1.165, 1.54) is 19.3 Å². The zero-order valence-corrected chi connectivity index (χ0v) is 16.7. The maximum atomic E-state index is 12.7. The average molecular weight is 343 g/mol. The van der Waals surface area contributed by atoms with Crippen LogP contribution in [-0.2, 0) is 20.3 Å². The molecule has 1 saturated heterocycles. The second kappa shape index (κ2) is 6.78. The Labute approximate surface area is 145 Å². The molecule has 0 unspecified atom stereocenters. The molecule has 2 rings (SSSR count). The third kappa shape index (κ3) is 4.39. The van der Waals surface area contributed by atoms with Crippen molar-refractivity contribution >= 4 is 18.1 Å². The van der Waals surface area contributed by atoms with Crippen molar-refractivity contribution in [2.24, 2.45) is 5.92 Å². The molecule has 1 aliphatic heterocycles. The molecule has 0 aromatic carbocycles. The number of nitrogens with one attached hydrogen (secondary N) is 1. The highest BCUT2D eigenvalue weighted by Crippen LogP contribution is 2.40. The topological polar surface area (TPSA) is 47.6 Å². The molecule has 0 spiro atoms. The lowest BCUT2D eigenvalue weighted by Crippen LogP contribution is -2.53. The smallest absolute Gasteiger partial charge is 0.402 e. The van der Waals surface area contributed by atoms with E-state index in [9.17, 15) is 4.21 Å². The number of rotatable bonds is 4. The molecule has 1 N–H and O–H groups in total. The van der Waals surface area contributed by atoms with Crippen LogP contribution >= 0.6 is 0 Å². The Morgan fingerprint density at radius 1 is 1.04 bits per heavy atom. The Hall–Kier alpha value is 0.0949. The van der Waals surface area contributed by atoms with E-state index in [2.05, 4.69) is 32.4 Å². The SMILES string of the molecule is CC(C)(C)[S@@](=O)N[C@H](B1OC(C)(C)C(C)(C)O1)C1CCCCC1. The molecule has 2 atom stereocenters. The summed E-state index contributed by atoms with van der Waals surface area (Å²) in [5.41, 5.74) is -0.703. The van der Waals surface area contributed by atoms with E-state index in [1.54, 1.807) is 0 Å². The molecular weight excluding hydrogens is 309 g/mol. The Morgan fingerprint density at radius 2 is 1.52 bits per heavy atom. The van der Waals surface area contributed by atoms with Crippen molar-refractivity contribution < 1.29 is 13.5 Å². The van der Waals surface area contributed by atoms with Gasteiger partial charge < -0.3 is 9.31 Å². The third-order valence-corrected chi connectivity index (χ3v) is 7.12. The minimum Gasteiger partial charge on any atom is -0.402 e.